The number of aliphatic carboxylic acids is 2. The lowest BCUT2D eigenvalue weighted by atomic mass is 10.0. The van der Waals surface area contributed by atoms with Crippen LogP contribution >= 0.6 is 0 Å². The molecule has 1 aromatic rings. The van der Waals surface area contributed by atoms with E-state index in [4.69, 9.17) is 10.2 Å². The lowest BCUT2D eigenvalue weighted by molar-refractivity contribution is -0.137. The van der Waals surface area contributed by atoms with E-state index in [1.165, 1.54) is 18.2 Å². The van der Waals surface area contributed by atoms with E-state index in [1.54, 1.807) is 0 Å². The minimum absolute atomic E-state index is 0.160. The largest absolute Gasteiger partial charge is 0.508 e. The van der Waals surface area contributed by atoms with Crippen LogP contribution in [0, 0.1) is 0 Å². The molecule has 0 bridgehead atoms. The van der Waals surface area contributed by atoms with E-state index in [-0.39, 0.29) is 24.2 Å². The van der Waals surface area contributed by atoms with Crippen molar-refractivity contribution >= 4 is 11.9 Å². The van der Waals surface area contributed by atoms with Crippen molar-refractivity contribution in [1.82, 2.24) is 0 Å². The number of carboxylic acids is 2. The first kappa shape index (κ1) is 11.0. The molecule has 0 heterocycles. The number of phenolic OH excluding ortho intramolecular Hbond substituents is 1. The molecule has 15 heavy (non-hydrogen) atoms. The van der Waals surface area contributed by atoms with Gasteiger partial charge >= 0.3 is 11.9 Å². The van der Waals surface area contributed by atoms with E-state index in [0.29, 0.717) is 5.56 Å². The maximum atomic E-state index is 10.5. The van der Waals surface area contributed by atoms with E-state index < -0.39 is 11.9 Å². The molecule has 0 atom stereocenters. The van der Waals surface area contributed by atoms with Crippen molar-refractivity contribution in [2.45, 2.75) is 12.8 Å². The van der Waals surface area contributed by atoms with Gasteiger partial charge in [-0.05, 0) is 11.6 Å². The van der Waals surface area contributed by atoms with Gasteiger partial charge in [0.15, 0.2) is 0 Å². The van der Waals surface area contributed by atoms with Crippen molar-refractivity contribution in [1.29, 1.82) is 0 Å². The average Bonchev–Trinajstić information content (AvgIpc) is 2.09. The van der Waals surface area contributed by atoms with Crippen LogP contribution in [-0.4, -0.2) is 27.3 Å². The molecule has 0 fully saturated rings. The highest BCUT2D eigenvalue weighted by atomic mass is 16.4. The fraction of sp³-hybridized carbons (Fsp3) is 0.200. The summed E-state index contributed by atoms with van der Waals surface area (Å²) in [7, 11) is 0. The maximum absolute atomic E-state index is 10.5. The van der Waals surface area contributed by atoms with Crippen LogP contribution in [0.2, 0.25) is 0 Å². The van der Waals surface area contributed by atoms with Crippen molar-refractivity contribution in [3.05, 3.63) is 29.3 Å². The van der Waals surface area contributed by atoms with Gasteiger partial charge in [-0.15, -0.1) is 0 Å². The van der Waals surface area contributed by atoms with E-state index in [2.05, 4.69) is 0 Å². The molecule has 5 heteroatoms. The predicted octanol–water partition coefficient (Wildman–Crippen LogP) is 0.646. The molecule has 0 radical (unpaired) electrons. The fourth-order valence-corrected chi connectivity index (χ4v) is 1.30. The number of hydrogen-bond donors (Lipinski definition) is 3. The van der Waals surface area contributed by atoms with Crippen molar-refractivity contribution in [2.75, 3.05) is 0 Å². The first-order valence-corrected chi connectivity index (χ1v) is 4.24. The minimum atomic E-state index is -1.11. The highest BCUT2D eigenvalue weighted by Crippen LogP contribution is 2.22. The second-order valence-electron chi connectivity index (χ2n) is 3.06. The van der Waals surface area contributed by atoms with Crippen LogP contribution in [0.15, 0.2) is 18.2 Å². The summed E-state index contributed by atoms with van der Waals surface area (Å²) in [4.78, 5) is 21.0. The lowest BCUT2D eigenvalue weighted by Crippen LogP contribution is -2.08. The number of hydrogen-bond acceptors (Lipinski definition) is 3. The normalized spacial score (nSPS) is 9.87. The van der Waals surface area contributed by atoms with Gasteiger partial charge in [-0.3, -0.25) is 9.59 Å². The van der Waals surface area contributed by atoms with Gasteiger partial charge in [0, 0.05) is 5.56 Å². The van der Waals surface area contributed by atoms with Crippen LogP contribution in [-0.2, 0) is 22.4 Å². The van der Waals surface area contributed by atoms with E-state index in [1.807, 2.05) is 0 Å². The summed E-state index contributed by atoms with van der Waals surface area (Å²) in [6, 6.07) is 4.31. The molecule has 0 spiro atoms. The van der Waals surface area contributed by atoms with Crippen molar-refractivity contribution in [3.8, 4) is 5.75 Å². The number of phenols is 1. The van der Waals surface area contributed by atoms with Gasteiger partial charge in [-0.1, -0.05) is 12.1 Å². The summed E-state index contributed by atoms with van der Waals surface area (Å²) >= 11 is 0. The molecule has 0 unspecified atom stereocenters. The third kappa shape index (κ3) is 2.98. The van der Waals surface area contributed by atoms with Crippen LogP contribution in [0.1, 0.15) is 11.1 Å². The molecule has 0 amide bonds. The van der Waals surface area contributed by atoms with Crippen LogP contribution < -0.4 is 0 Å². The molecule has 0 saturated heterocycles. The summed E-state index contributed by atoms with van der Waals surface area (Å²) in [6.07, 6.45) is -0.674. The van der Waals surface area contributed by atoms with Crippen molar-refractivity contribution < 1.29 is 24.9 Å². The summed E-state index contributed by atoms with van der Waals surface area (Å²) in [5, 5.41) is 26.6. The molecule has 0 aliphatic rings. The second kappa shape index (κ2) is 4.45. The Hall–Kier alpha value is -2.04. The van der Waals surface area contributed by atoms with Gasteiger partial charge in [0.2, 0.25) is 0 Å². The van der Waals surface area contributed by atoms with Gasteiger partial charge in [-0.2, -0.15) is 0 Å². The van der Waals surface area contributed by atoms with Gasteiger partial charge in [-0.25, -0.2) is 0 Å². The van der Waals surface area contributed by atoms with Gasteiger partial charge in [0.1, 0.15) is 5.75 Å². The summed E-state index contributed by atoms with van der Waals surface area (Å²) in [5.74, 6) is -2.36. The van der Waals surface area contributed by atoms with Gasteiger partial charge < -0.3 is 15.3 Å². The van der Waals surface area contributed by atoms with E-state index in [0.717, 1.165) is 0 Å². The Kier molecular flexibility index (Phi) is 3.28. The Morgan fingerprint density at radius 3 is 2.20 bits per heavy atom. The summed E-state index contributed by atoms with van der Waals surface area (Å²) < 4.78 is 0. The monoisotopic (exact) mass is 210 g/mol. The van der Waals surface area contributed by atoms with Crippen molar-refractivity contribution in [3.63, 3.8) is 0 Å². The molecule has 80 valence electrons. The van der Waals surface area contributed by atoms with Crippen LogP contribution in [0.5, 0.6) is 5.75 Å². The second-order valence-corrected chi connectivity index (χ2v) is 3.06. The lowest BCUT2D eigenvalue weighted by Gasteiger charge is -2.07. The number of carbonyl (C=O) groups is 2. The molecule has 5 nitrogen and oxygen atoms in total. The molecule has 0 aromatic heterocycles. The third-order valence-corrected chi connectivity index (χ3v) is 1.92. The summed E-state index contributed by atoms with van der Waals surface area (Å²) in [5.41, 5.74) is 0.484. The molecule has 1 aromatic carbocycles. The molecule has 0 aliphatic heterocycles. The minimum Gasteiger partial charge on any atom is -0.508 e. The fourth-order valence-electron chi connectivity index (χ4n) is 1.30. The van der Waals surface area contributed by atoms with Gasteiger partial charge in [0.25, 0.3) is 0 Å². The SMILES string of the molecule is O=C(O)Cc1cccc(O)c1CC(=O)O. The van der Waals surface area contributed by atoms with Crippen LogP contribution in [0.3, 0.4) is 0 Å². The first-order valence-electron chi connectivity index (χ1n) is 4.24. The Morgan fingerprint density at radius 1 is 1.07 bits per heavy atom. The number of carboxylic acid groups (broad SMARTS) is 2. The Bertz CT molecular complexity index is 397. The van der Waals surface area contributed by atoms with E-state index >= 15 is 0 Å². The molecule has 3 N–H and O–H groups in total. The topological polar surface area (TPSA) is 94.8 Å². The van der Waals surface area contributed by atoms with Crippen molar-refractivity contribution in [2.24, 2.45) is 0 Å². The quantitative estimate of drug-likeness (QED) is 0.678. The molecular weight excluding hydrogens is 200 g/mol. The zero-order chi connectivity index (χ0) is 11.4. The third-order valence-electron chi connectivity index (χ3n) is 1.92. The highest BCUT2D eigenvalue weighted by molar-refractivity contribution is 5.75. The molecule has 1 rings (SSSR count). The Labute approximate surface area is 85.6 Å². The summed E-state index contributed by atoms with van der Waals surface area (Å²) in [6.45, 7) is 0. The first-order chi connectivity index (χ1) is 7.00. The Morgan fingerprint density at radius 2 is 1.67 bits per heavy atom. The van der Waals surface area contributed by atoms with Crippen LogP contribution in [0.25, 0.3) is 0 Å². The molecule has 0 saturated carbocycles. The van der Waals surface area contributed by atoms with E-state index in [9.17, 15) is 14.7 Å². The molecular formula is C10H10O5. The standard InChI is InChI=1S/C10H10O5/c11-8-3-1-2-6(4-9(12)13)7(8)5-10(14)15/h1-3,11H,4-5H2,(H,12,13)(H,14,15). The predicted molar refractivity (Wildman–Crippen MR) is 50.8 cm³/mol. The number of aromatic hydroxyl groups is 1. The number of benzene rings is 1. The van der Waals surface area contributed by atoms with Gasteiger partial charge in [0.05, 0.1) is 12.8 Å². The zero-order valence-corrected chi connectivity index (χ0v) is 7.80. The zero-order valence-electron chi connectivity index (χ0n) is 7.80. The van der Waals surface area contributed by atoms with Crippen LogP contribution in [0.4, 0.5) is 0 Å². The smallest absolute Gasteiger partial charge is 0.307 e. The molecule has 0 aliphatic carbocycles. The Balaban J connectivity index is 3.08. The highest BCUT2D eigenvalue weighted by Gasteiger charge is 2.13. The average molecular weight is 210 g/mol. The number of rotatable bonds is 4. The maximum Gasteiger partial charge on any atom is 0.307 e.